The minimum atomic E-state index is -3.74. The first kappa shape index (κ1) is 14.9. The van der Waals surface area contributed by atoms with Crippen molar-refractivity contribution in [2.24, 2.45) is 0 Å². The van der Waals surface area contributed by atoms with Crippen LogP contribution in [0.5, 0.6) is 0 Å². The monoisotopic (exact) mass is 327 g/mol. The van der Waals surface area contributed by atoms with E-state index >= 15 is 0 Å². The third kappa shape index (κ3) is 2.26. The highest BCUT2D eigenvalue weighted by atomic mass is 32.2. The first-order chi connectivity index (χ1) is 10.3. The number of nitrogens with zero attached hydrogens (tertiary/aromatic N) is 2. The summed E-state index contributed by atoms with van der Waals surface area (Å²) in [6, 6.07) is 2.64. The number of amides is 3. The summed E-state index contributed by atoms with van der Waals surface area (Å²) in [5.41, 5.74) is 0.243. The molecule has 3 rings (SSSR count). The molecule has 7 nitrogen and oxygen atoms in total. The zero-order chi connectivity index (χ0) is 16.1. The van der Waals surface area contributed by atoms with Crippen molar-refractivity contribution in [3.63, 3.8) is 0 Å². The van der Waals surface area contributed by atoms with Gasteiger partial charge in [-0.3, -0.25) is 9.69 Å². The summed E-state index contributed by atoms with van der Waals surface area (Å²) in [7, 11) is -3.74. The molecule has 2 aliphatic heterocycles. The third-order valence-corrected chi connectivity index (χ3v) is 5.67. The number of carbonyl (C=O) groups is 2. The molecule has 0 unspecified atom stereocenters. The van der Waals surface area contributed by atoms with Gasteiger partial charge in [-0.2, -0.15) is 4.31 Å². The molecule has 3 amide bonds. The van der Waals surface area contributed by atoms with Gasteiger partial charge in [0, 0.05) is 13.1 Å². The van der Waals surface area contributed by atoms with Gasteiger partial charge in [0.1, 0.15) is 5.82 Å². The van der Waals surface area contributed by atoms with E-state index in [9.17, 15) is 22.4 Å². The Morgan fingerprint density at radius 2 is 1.95 bits per heavy atom. The van der Waals surface area contributed by atoms with E-state index in [1.165, 1.54) is 23.4 Å². The fourth-order valence-electron chi connectivity index (χ4n) is 2.51. The number of hydrogen-bond acceptors (Lipinski definition) is 4. The molecule has 0 spiro atoms. The molecule has 22 heavy (non-hydrogen) atoms. The van der Waals surface area contributed by atoms with Crippen LogP contribution in [0.15, 0.2) is 23.1 Å². The van der Waals surface area contributed by atoms with Crippen LogP contribution in [0.1, 0.15) is 5.56 Å². The Bertz CT molecular complexity index is 743. The van der Waals surface area contributed by atoms with Gasteiger partial charge in [-0.15, -0.1) is 0 Å². The van der Waals surface area contributed by atoms with E-state index in [1.807, 2.05) is 0 Å². The lowest BCUT2D eigenvalue weighted by Crippen LogP contribution is -2.62. The molecular weight excluding hydrogens is 313 g/mol. The molecule has 2 aliphatic rings. The predicted octanol–water partition coefficient (Wildman–Crippen LogP) is 0.0588. The van der Waals surface area contributed by atoms with Gasteiger partial charge in [-0.1, -0.05) is 0 Å². The second-order valence-electron chi connectivity index (χ2n) is 5.31. The van der Waals surface area contributed by atoms with Crippen molar-refractivity contribution < 1.29 is 22.4 Å². The first-order valence-corrected chi connectivity index (χ1v) is 8.11. The summed E-state index contributed by atoms with van der Waals surface area (Å²) in [6.07, 6.45) is 0. The van der Waals surface area contributed by atoms with Crippen LogP contribution in [-0.4, -0.2) is 55.2 Å². The maximum atomic E-state index is 13.2. The molecular formula is C13H14FN3O4S. The number of urea groups is 1. The number of sulfonamides is 1. The zero-order valence-electron chi connectivity index (χ0n) is 11.7. The Balaban J connectivity index is 1.75. The first-order valence-electron chi connectivity index (χ1n) is 6.67. The van der Waals surface area contributed by atoms with Gasteiger partial charge >= 0.3 is 6.03 Å². The van der Waals surface area contributed by atoms with Gasteiger partial charge in [-0.25, -0.2) is 17.6 Å². The molecule has 0 aromatic heterocycles. The van der Waals surface area contributed by atoms with Crippen LogP contribution in [0.3, 0.4) is 0 Å². The number of hydrogen-bond donors (Lipinski definition) is 1. The summed E-state index contributed by atoms with van der Waals surface area (Å²) in [6.45, 7) is 1.54. The van der Waals surface area contributed by atoms with E-state index in [1.54, 1.807) is 0 Å². The summed E-state index contributed by atoms with van der Waals surface area (Å²) in [5.74, 6) is -0.829. The molecule has 1 N–H and O–H groups in total. The van der Waals surface area contributed by atoms with Gasteiger partial charge in [0.25, 0.3) is 0 Å². The van der Waals surface area contributed by atoms with Crippen LogP contribution in [0.2, 0.25) is 0 Å². The zero-order valence-corrected chi connectivity index (χ0v) is 12.6. The summed E-state index contributed by atoms with van der Waals surface area (Å²) in [5, 5.41) is 2.40. The van der Waals surface area contributed by atoms with Crippen molar-refractivity contribution in [2.75, 3.05) is 19.6 Å². The van der Waals surface area contributed by atoms with Crippen LogP contribution in [-0.2, 0) is 14.8 Å². The average molecular weight is 327 g/mol. The molecule has 0 saturated carbocycles. The Labute approximate surface area is 126 Å². The van der Waals surface area contributed by atoms with Crippen LogP contribution >= 0.6 is 0 Å². The quantitative estimate of drug-likeness (QED) is 0.795. The molecule has 2 saturated heterocycles. The van der Waals surface area contributed by atoms with Crippen molar-refractivity contribution >= 4 is 22.0 Å². The van der Waals surface area contributed by atoms with Crippen molar-refractivity contribution in [3.8, 4) is 0 Å². The van der Waals surface area contributed by atoms with Crippen molar-refractivity contribution in [3.05, 3.63) is 29.6 Å². The van der Waals surface area contributed by atoms with E-state index in [-0.39, 0.29) is 36.0 Å². The van der Waals surface area contributed by atoms with Crippen LogP contribution in [0.4, 0.5) is 9.18 Å². The van der Waals surface area contributed by atoms with Crippen LogP contribution < -0.4 is 5.32 Å². The normalized spacial score (nSPS) is 20.2. The SMILES string of the molecule is Cc1cc(S(=O)(=O)N2CC(N3C(=O)CNC3=O)C2)ccc1F. The second kappa shape index (κ2) is 5.03. The standard InChI is InChI=1S/C13H14FN3O4S/c1-8-4-10(2-3-11(8)14)22(20,21)16-6-9(7-16)17-12(18)5-15-13(17)19/h2-4,9H,5-7H2,1H3,(H,15,19). The Morgan fingerprint density at radius 1 is 1.27 bits per heavy atom. The minimum absolute atomic E-state index is 0.00190. The lowest BCUT2D eigenvalue weighted by Gasteiger charge is -2.41. The van der Waals surface area contributed by atoms with Crippen molar-refractivity contribution in [1.29, 1.82) is 0 Å². The Morgan fingerprint density at radius 3 is 2.50 bits per heavy atom. The van der Waals surface area contributed by atoms with Crippen molar-refractivity contribution in [1.82, 2.24) is 14.5 Å². The molecule has 0 bridgehead atoms. The number of halogens is 1. The van der Waals surface area contributed by atoms with E-state index in [4.69, 9.17) is 0 Å². The highest BCUT2D eigenvalue weighted by Crippen LogP contribution is 2.26. The smallest absolute Gasteiger partial charge is 0.324 e. The van der Waals surface area contributed by atoms with Gasteiger partial charge in [-0.05, 0) is 30.7 Å². The van der Waals surface area contributed by atoms with Gasteiger partial charge in [0.2, 0.25) is 15.9 Å². The molecule has 2 fully saturated rings. The van der Waals surface area contributed by atoms with E-state index < -0.39 is 27.9 Å². The lowest BCUT2D eigenvalue weighted by molar-refractivity contribution is -0.128. The predicted molar refractivity (Wildman–Crippen MR) is 73.9 cm³/mol. The fourth-order valence-corrected chi connectivity index (χ4v) is 4.11. The molecule has 0 aliphatic carbocycles. The second-order valence-corrected chi connectivity index (χ2v) is 7.25. The summed E-state index contributed by atoms with van der Waals surface area (Å²) < 4.78 is 39.2. The number of aryl methyl sites for hydroxylation is 1. The molecule has 0 radical (unpaired) electrons. The number of imide groups is 1. The number of rotatable bonds is 3. The molecule has 0 atom stereocenters. The lowest BCUT2D eigenvalue weighted by atomic mass is 10.1. The van der Waals surface area contributed by atoms with Crippen LogP contribution in [0.25, 0.3) is 0 Å². The van der Waals surface area contributed by atoms with Crippen LogP contribution in [0, 0.1) is 12.7 Å². The highest BCUT2D eigenvalue weighted by molar-refractivity contribution is 7.89. The number of carbonyl (C=O) groups excluding carboxylic acids is 2. The molecule has 1 aromatic carbocycles. The maximum absolute atomic E-state index is 13.2. The fraction of sp³-hybridized carbons (Fsp3) is 0.385. The third-order valence-electron chi connectivity index (χ3n) is 3.84. The summed E-state index contributed by atoms with van der Waals surface area (Å²) >= 11 is 0. The topological polar surface area (TPSA) is 86.8 Å². The van der Waals surface area contributed by atoms with E-state index in [2.05, 4.69) is 5.32 Å². The minimum Gasteiger partial charge on any atom is -0.329 e. The van der Waals surface area contributed by atoms with Gasteiger partial charge < -0.3 is 5.32 Å². The molecule has 1 aromatic rings. The molecule has 118 valence electrons. The van der Waals surface area contributed by atoms with Crippen molar-refractivity contribution in [2.45, 2.75) is 17.9 Å². The number of nitrogens with one attached hydrogen (secondary N) is 1. The average Bonchev–Trinajstić information content (AvgIpc) is 2.72. The molecule has 2 heterocycles. The molecule has 9 heteroatoms. The maximum Gasteiger partial charge on any atom is 0.324 e. The largest absolute Gasteiger partial charge is 0.329 e. The van der Waals surface area contributed by atoms with Gasteiger partial charge in [0.05, 0.1) is 17.5 Å². The summed E-state index contributed by atoms with van der Waals surface area (Å²) in [4.78, 5) is 24.1. The Kier molecular flexibility index (Phi) is 3.41. The highest BCUT2D eigenvalue weighted by Gasteiger charge is 2.45. The van der Waals surface area contributed by atoms with Gasteiger partial charge in [0.15, 0.2) is 0 Å². The van der Waals surface area contributed by atoms with E-state index in [0.717, 1.165) is 11.0 Å². The number of benzene rings is 1. The van der Waals surface area contributed by atoms with E-state index in [0.29, 0.717) is 0 Å². The Hall–Kier alpha value is -2.00.